The summed E-state index contributed by atoms with van der Waals surface area (Å²) in [4.78, 5) is 24.2. The van der Waals surface area contributed by atoms with Crippen LogP contribution in [0.25, 0.3) is 0 Å². The maximum atomic E-state index is 11.9. The second-order valence-electron chi connectivity index (χ2n) is 6.58. The third-order valence-corrected chi connectivity index (χ3v) is 5.21. The molecule has 10 heteroatoms. The van der Waals surface area contributed by atoms with Gasteiger partial charge in [-0.3, -0.25) is 19.8 Å². The van der Waals surface area contributed by atoms with E-state index < -0.39 is 4.92 Å². The lowest BCUT2D eigenvalue weighted by molar-refractivity contribution is -0.384. The van der Waals surface area contributed by atoms with Crippen LogP contribution in [-0.2, 0) is 16.1 Å². The number of hydrazone groups is 1. The number of carbonyl (C=O) groups excluding carboxylic acids is 1. The number of nitrogens with zero attached hydrogens (tertiary/aromatic N) is 3. The van der Waals surface area contributed by atoms with Crippen LogP contribution in [0.2, 0.25) is 0 Å². The number of halogens is 1. The van der Waals surface area contributed by atoms with Gasteiger partial charge in [0.1, 0.15) is 12.4 Å². The summed E-state index contributed by atoms with van der Waals surface area (Å²) in [6, 6.07) is 11.8. The van der Waals surface area contributed by atoms with Gasteiger partial charge < -0.3 is 9.47 Å². The summed E-state index contributed by atoms with van der Waals surface area (Å²) < 4.78 is 11.9. The summed E-state index contributed by atoms with van der Waals surface area (Å²) >= 11 is 2.16. The molecule has 1 heterocycles. The van der Waals surface area contributed by atoms with Gasteiger partial charge in [-0.1, -0.05) is 0 Å². The molecule has 0 aromatic heterocycles. The van der Waals surface area contributed by atoms with Crippen molar-refractivity contribution in [1.82, 2.24) is 10.3 Å². The van der Waals surface area contributed by atoms with Gasteiger partial charge in [-0.25, -0.2) is 5.43 Å². The van der Waals surface area contributed by atoms with Crippen molar-refractivity contribution in [3.8, 4) is 5.75 Å². The number of non-ortho nitro benzene ring substituents is 1. The lowest BCUT2D eigenvalue weighted by Crippen LogP contribution is -2.42. The minimum absolute atomic E-state index is 0.0500. The number of ether oxygens (including phenoxy) is 2. The highest BCUT2D eigenvalue weighted by Gasteiger charge is 2.13. The lowest BCUT2D eigenvalue weighted by Gasteiger charge is -2.25. The first kappa shape index (κ1) is 22.1. The van der Waals surface area contributed by atoms with E-state index in [1.165, 1.54) is 12.1 Å². The quantitative estimate of drug-likeness (QED) is 0.246. The monoisotopic (exact) mass is 524 g/mol. The van der Waals surface area contributed by atoms with E-state index in [1.54, 1.807) is 18.3 Å². The van der Waals surface area contributed by atoms with Gasteiger partial charge in [-0.2, -0.15) is 5.10 Å². The molecule has 1 amide bonds. The molecule has 2 aromatic rings. The highest BCUT2D eigenvalue weighted by atomic mass is 127. The van der Waals surface area contributed by atoms with E-state index in [2.05, 4.69) is 33.1 Å². The van der Waals surface area contributed by atoms with Crippen LogP contribution < -0.4 is 10.2 Å². The number of nitro groups is 1. The first-order valence-corrected chi connectivity index (χ1v) is 10.4. The van der Waals surface area contributed by atoms with E-state index >= 15 is 0 Å². The van der Waals surface area contributed by atoms with Crippen LogP contribution >= 0.6 is 22.6 Å². The predicted octanol–water partition coefficient (Wildman–Crippen LogP) is 2.56. The average molecular weight is 524 g/mol. The Hall–Kier alpha value is -2.57. The Bertz CT molecular complexity index is 914. The maximum Gasteiger partial charge on any atom is 0.269 e. The number of hydrogen-bond donors (Lipinski definition) is 1. The fraction of sp³-hybridized carbons (Fsp3) is 0.300. The summed E-state index contributed by atoms with van der Waals surface area (Å²) in [5.41, 5.74) is 4.25. The number of carbonyl (C=O) groups is 1. The minimum atomic E-state index is -0.432. The van der Waals surface area contributed by atoms with Crippen molar-refractivity contribution in [2.24, 2.45) is 5.10 Å². The van der Waals surface area contributed by atoms with Crippen LogP contribution in [0.15, 0.2) is 47.6 Å². The third-order valence-electron chi connectivity index (χ3n) is 4.37. The van der Waals surface area contributed by atoms with Gasteiger partial charge in [0, 0.05) is 25.2 Å². The van der Waals surface area contributed by atoms with Crippen molar-refractivity contribution in [2.45, 2.75) is 6.61 Å². The van der Waals surface area contributed by atoms with E-state index in [-0.39, 0.29) is 11.6 Å². The zero-order valence-corrected chi connectivity index (χ0v) is 18.3. The van der Waals surface area contributed by atoms with Crippen LogP contribution in [0.1, 0.15) is 11.1 Å². The van der Waals surface area contributed by atoms with Crippen molar-refractivity contribution >= 4 is 40.4 Å². The van der Waals surface area contributed by atoms with Crippen molar-refractivity contribution in [1.29, 1.82) is 0 Å². The van der Waals surface area contributed by atoms with Crippen molar-refractivity contribution < 1.29 is 19.2 Å². The summed E-state index contributed by atoms with van der Waals surface area (Å²) in [5.74, 6) is 0.536. The van der Waals surface area contributed by atoms with E-state index in [1.807, 2.05) is 23.1 Å². The first-order valence-electron chi connectivity index (χ1n) is 9.29. The van der Waals surface area contributed by atoms with Gasteiger partial charge in [0.25, 0.3) is 11.6 Å². The Morgan fingerprint density at radius 2 is 2.00 bits per heavy atom. The number of amides is 1. The molecule has 0 bridgehead atoms. The van der Waals surface area contributed by atoms with Crippen molar-refractivity contribution in [3.05, 3.63) is 67.3 Å². The van der Waals surface area contributed by atoms with Gasteiger partial charge in [0.2, 0.25) is 0 Å². The standard InChI is InChI=1S/C20H21IN4O5/c21-18-11-16(12-22-23-20(26)13-24-7-9-29-10-8-24)3-6-19(18)30-14-15-1-4-17(5-2-15)25(27)28/h1-6,11-12H,7-10,13-14H2,(H,23,26)/b22-12+. The Morgan fingerprint density at radius 3 is 2.67 bits per heavy atom. The summed E-state index contributed by atoms with van der Waals surface area (Å²) in [6.07, 6.45) is 1.58. The average Bonchev–Trinajstić information content (AvgIpc) is 2.74. The topological polar surface area (TPSA) is 106 Å². The van der Waals surface area contributed by atoms with Crippen molar-refractivity contribution in [3.63, 3.8) is 0 Å². The van der Waals surface area contributed by atoms with E-state index in [9.17, 15) is 14.9 Å². The second kappa shape index (κ2) is 11.0. The van der Waals surface area contributed by atoms with Gasteiger partial charge in [0.05, 0.1) is 34.5 Å². The van der Waals surface area contributed by atoms with Gasteiger partial charge in [-0.15, -0.1) is 0 Å². The number of nitrogens with one attached hydrogen (secondary N) is 1. The molecule has 0 saturated carbocycles. The van der Waals surface area contributed by atoms with Crippen molar-refractivity contribution in [2.75, 3.05) is 32.8 Å². The molecule has 158 valence electrons. The third kappa shape index (κ3) is 6.75. The van der Waals surface area contributed by atoms with Gasteiger partial charge in [0.15, 0.2) is 0 Å². The molecule has 1 saturated heterocycles. The molecule has 0 unspecified atom stereocenters. The molecule has 9 nitrogen and oxygen atoms in total. The van der Waals surface area contributed by atoms with E-state index in [0.29, 0.717) is 32.1 Å². The summed E-state index contributed by atoms with van der Waals surface area (Å²) in [5, 5.41) is 14.7. The van der Waals surface area contributed by atoms with E-state index in [0.717, 1.165) is 27.8 Å². The normalized spacial score (nSPS) is 14.6. The highest BCUT2D eigenvalue weighted by molar-refractivity contribution is 14.1. The minimum Gasteiger partial charge on any atom is -0.488 e. The van der Waals surface area contributed by atoms with Crippen LogP contribution in [0.3, 0.4) is 0 Å². The molecule has 0 radical (unpaired) electrons. The summed E-state index contributed by atoms with van der Waals surface area (Å²) in [6.45, 7) is 3.39. The lowest BCUT2D eigenvalue weighted by atomic mass is 10.2. The zero-order valence-electron chi connectivity index (χ0n) is 16.1. The predicted molar refractivity (Wildman–Crippen MR) is 120 cm³/mol. The number of benzene rings is 2. The zero-order chi connectivity index (χ0) is 21.3. The fourth-order valence-electron chi connectivity index (χ4n) is 2.77. The Morgan fingerprint density at radius 1 is 1.27 bits per heavy atom. The molecule has 1 N–H and O–H groups in total. The SMILES string of the molecule is O=C(CN1CCOCC1)N/N=C/c1ccc(OCc2ccc([N+](=O)[O-])cc2)c(I)c1. The van der Waals surface area contributed by atoms with Gasteiger partial charge >= 0.3 is 0 Å². The van der Waals surface area contributed by atoms with Crippen LogP contribution in [-0.4, -0.2) is 54.8 Å². The molecule has 1 aliphatic heterocycles. The van der Waals surface area contributed by atoms with Crippen LogP contribution in [0.4, 0.5) is 5.69 Å². The largest absolute Gasteiger partial charge is 0.488 e. The smallest absolute Gasteiger partial charge is 0.269 e. The van der Waals surface area contributed by atoms with Gasteiger partial charge in [-0.05, 0) is 64.0 Å². The second-order valence-corrected chi connectivity index (χ2v) is 7.75. The highest BCUT2D eigenvalue weighted by Crippen LogP contribution is 2.23. The molecule has 2 aromatic carbocycles. The number of rotatable bonds is 8. The van der Waals surface area contributed by atoms with E-state index in [4.69, 9.17) is 9.47 Å². The molecule has 0 atom stereocenters. The molecular weight excluding hydrogens is 503 g/mol. The molecule has 1 fully saturated rings. The Kier molecular flexibility index (Phi) is 8.11. The number of morpholine rings is 1. The molecule has 0 aliphatic carbocycles. The first-order chi connectivity index (χ1) is 14.5. The van der Waals surface area contributed by atoms with Crippen LogP contribution in [0, 0.1) is 13.7 Å². The number of hydrogen-bond acceptors (Lipinski definition) is 7. The Labute approximate surface area is 187 Å². The molecular formula is C20H21IN4O5. The molecule has 30 heavy (non-hydrogen) atoms. The summed E-state index contributed by atoms with van der Waals surface area (Å²) in [7, 11) is 0. The molecule has 0 spiro atoms. The number of nitro benzene ring substituents is 1. The molecule has 1 aliphatic rings. The Balaban J connectivity index is 1.48. The maximum absolute atomic E-state index is 11.9. The van der Waals surface area contributed by atoms with Crippen LogP contribution in [0.5, 0.6) is 5.75 Å². The molecule has 3 rings (SSSR count). The fourth-order valence-corrected chi connectivity index (χ4v) is 3.46.